The largest absolute Gasteiger partial charge is 0.383 e. The van der Waals surface area contributed by atoms with Gasteiger partial charge in [-0.3, -0.25) is 0 Å². The lowest BCUT2D eigenvalue weighted by Crippen LogP contribution is -2.43. The molecule has 0 bridgehead atoms. The Morgan fingerprint density at radius 1 is 1.53 bits per heavy atom. The van der Waals surface area contributed by atoms with Crippen molar-refractivity contribution < 1.29 is 5.11 Å². The van der Waals surface area contributed by atoms with E-state index < -0.39 is 5.60 Å². The van der Waals surface area contributed by atoms with Gasteiger partial charge in [0.1, 0.15) is 5.60 Å². The van der Waals surface area contributed by atoms with Crippen molar-refractivity contribution in [3.8, 4) is 0 Å². The zero-order valence-corrected chi connectivity index (χ0v) is 14.9. The number of thioether (sulfide) groups is 1. The third-order valence-corrected chi connectivity index (χ3v) is 5.00. The fraction of sp³-hybridized carbons (Fsp3) is 0.583. The molecule has 1 fully saturated rings. The van der Waals surface area contributed by atoms with Gasteiger partial charge in [0.15, 0.2) is 5.96 Å². The predicted octanol–water partition coefficient (Wildman–Crippen LogP) is 1.94. The predicted molar refractivity (Wildman–Crippen MR) is 94.7 cm³/mol. The number of guanidine groups is 1. The maximum Gasteiger partial charge on any atom is 0.191 e. The van der Waals surface area contributed by atoms with Crippen LogP contribution in [0.25, 0.3) is 0 Å². The lowest BCUT2D eigenvalue weighted by atomic mass is 10.1. The zero-order valence-electron chi connectivity index (χ0n) is 10.9. The van der Waals surface area contributed by atoms with Gasteiger partial charge in [0, 0.05) is 29.5 Å². The molecule has 2 rings (SSSR count). The highest BCUT2D eigenvalue weighted by molar-refractivity contribution is 14.0. The molecule has 1 atom stereocenters. The molecular weight excluding hydrogens is 393 g/mol. The van der Waals surface area contributed by atoms with E-state index in [4.69, 9.17) is 5.73 Å². The van der Waals surface area contributed by atoms with E-state index in [9.17, 15) is 5.11 Å². The molecule has 19 heavy (non-hydrogen) atoms. The van der Waals surface area contributed by atoms with Crippen LogP contribution in [0.2, 0.25) is 0 Å². The van der Waals surface area contributed by atoms with Crippen molar-refractivity contribution >= 4 is 53.0 Å². The molecule has 0 aliphatic carbocycles. The molecule has 1 aliphatic rings. The van der Waals surface area contributed by atoms with Crippen molar-refractivity contribution in [2.45, 2.75) is 12.5 Å². The molecule has 0 amide bonds. The van der Waals surface area contributed by atoms with Crippen LogP contribution in [0.4, 0.5) is 0 Å². The van der Waals surface area contributed by atoms with Gasteiger partial charge in [-0.05, 0) is 18.4 Å². The van der Waals surface area contributed by atoms with Gasteiger partial charge in [-0.2, -0.15) is 11.8 Å². The number of hydrogen-bond donors (Lipinski definition) is 2. The van der Waals surface area contributed by atoms with Crippen LogP contribution in [0, 0.1) is 0 Å². The summed E-state index contributed by atoms with van der Waals surface area (Å²) in [6, 6.07) is 3.86. The molecule has 7 heteroatoms. The van der Waals surface area contributed by atoms with E-state index in [1.807, 2.05) is 29.3 Å². The third-order valence-electron chi connectivity index (χ3n) is 2.94. The molecule has 2 heterocycles. The highest BCUT2D eigenvalue weighted by atomic mass is 127. The average molecular weight is 413 g/mol. The van der Waals surface area contributed by atoms with Crippen LogP contribution in [0.1, 0.15) is 11.8 Å². The van der Waals surface area contributed by atoms with E-state index in [-0.39, 0.29) is 24.0 Å². The van der Waals surface area contributed by atoms with E-state index in [1.165, 1.54) is 0 Å². The molecule has 0 radical (unpaired) electrons. The smallest absolute Gasteiger partial charge is 0.191 e. The molecule has 0 aromatic carbocycles. The second-order valence-corrected chi connectivity index (χ2v) is 6.70. The third kappa shape index (κ3) is 4.80. The summed E-state index contributed by atoms with van der Waals surface area (Å²) in [5, 5.41) is 12.3. The fourth-order valence-electron chi connectivity index (χ4n) is 1.79. The van der Waals surface area contributed by atoms with Crippen LogP contribution >= 0.6 is 47.1 Å². The van der Waals surface area contributed by atoms with Crippen molar-refractivity contribution in [1.82, 2.24) is 4.90 Å². The summed E-state index contributed by atoms with van der Waals surface area (Å²) >= 11 is 3.48. The summed E-state index contributed by atoms with van der Waals surface area (Å²) in [6.07, 6.45) is 0. The Morgan fingerprint density at radius 3 is 2.79 bits per heavy atom. The van der Waals surface area contributed by atoms with Gasteiger partial charge >= 0.3 is 0 Å². The van der Waals surface area contributed by atoms with Crippen molar-refractivity contribution in [2.75, 3.05) is 31.1 Å². The Hall–Kier alpha value is 0.01000. The molecule has 108 valence electrons. The first kappa shape index (κ1) is 17.1. The lowest BCUT2D eigenvalue weighted by molar-refractivity contribution is 0.0709. The molecule has 1 aromatic rings. The van der Waals surface area contributed by atoms with Crippen molar-refractivity contribution in [2.24, 2.45) is 10.7 Å². The second kappa shape index (κ2) is 7.70. The van der Waals surface area contributed by atoms with Gasteiger partial charge in [0.05, 0.1) is 6.54 Å². The first-order valence-corrected chi connectivity index (χ1v) is 8.02. The van der Waals surface area contributed by atoms with Crippen LogP contribution in [-0.4, -0.2) is 47.1 Å². The SMILES string of the molecule is CC(O)(CN=C(N)N1CCSCC1)c1cccs1.I. The lowest BCUT2D eigenvalue weighted by Gasteiger charge is -2.28. The second-order valence-electron chi connectivity index (χ2n) is 4.53. The molecule has 1 aromatic heterocycles. The summed E-state index contributed by atoms with van der Waals surface area (Å²) in [6.45, 7) is 3.98. The van der Waals surface area contributed by atoms with Gasteiger partial charge in [0.2, 0.25) is 0 Å². The fourth-order valence-corrected chi connectivity index (χ4v) is 3.47. The number of nitrogens with two attached hydrogens (primary N) is 1. The topological polar surface area (TPSA) is 61.9 Å². The molecule has 0 spiro atoms. The first-order valence-electron chi connectivity index (χ1n) is 5.98. The highest BCUT2D eigenvalue weighted by Gasteiger charge is 2.24. The quantitative estimate of drug-likeness (QED) is 0.452. The molecule has 3 N–H and O–H groups in total. The van der Waals surface area contributed by atoms with Crippen LogP contribution in [0.5, 0.6) is 0 Å². The highest BCUT2D eigenvalue weighted by Crippen LogP contribution is 2.25. The molecular formula is C12H20IN3OS2. The molecule has 4 nitrogen and oxygen atoms in total. The van der Waals surface area contributed by atoms with Crippen molar-refractivity contribution in [1.29, 1.82) is 0 Å². The van der Waals surface area contributed by atoms with Gasteiger partial charge in [-0.1, -0.05) is 6.07 Å². The minimum atomic E-state index is -0.927. The maximum atomic E-state index is 10.3. The molecule has 1 aliphatic heterocycles. The summed E-state index contributed by atoms with van der Waals surface area (Å²) in [5.41, 5.74) is 5.04. The van der Waals surface area contributed by atoms with E-state index in [0.29, 0.717) is 12.5 Å². The Labute approximate surface area is 139 Å². The van der Waals surface area contributed by atoms with Crippen LogP contribution in [0.3, 0.4) is 0 Å². The number of hydrogen-bond acceptors (Lipinski definition) is 4. The van der Waals surface area contributed by atoms with E-state index >= 15 is 0 Å². The van der Waals surface area contributed by atoms with Crippen molar-refractivity contribution in [3.63, 3.8) is 0 Å². The Morgan fingerprint density at radius 2 is 2.21 bits per heavy atom. The number of aliphatic imine (C=N–C) groups is 1. The zero-order chi connectivity index (χ0) is 13.0. The van der Waals surface area contributed by atoms with Crippen LogP contribution in [-0.2, 0) is 5.60 Å². The van der Waals surface area contributed by atoms with Crippen molar-refractivity contribution in [3.05, 3.63) is 22.4 Å². The molecule has 0 saturated carbocycles. The Balaban J connectivity index is 0.00000180. The standard InChI is InChI=1S/C12H19N3OS2.HI/c1-12(16,10-3-2-6-18-10)9-14-11(13)15-4-7-17-8-5-15;/h2-3,6,16H,4-5,7-9H2,1H3,(H2,13,14);1H. The summed E-state index contributed by atoms with van der Waals surface area (Å²) in [4.78, 5) is 7.35. The minimum Gasteiger partial charge on any atom is -0.383 e. The average Bonchev–Trinajstić information content (AvgIpc) is 2.92. The maximum absolute atomic E-state index is 10.3. The monoisotopic (exact) mass is 413 g/mol. The van der Waals surface area contributed by atoms with Crippen LogP contribution in [0.15, 0.2) is 22.5 Å². The van der Waals surface area contributed by atoms with Gasteiger partial charge < -0.3 is 15.7 Å². The Bertz CT molecular complexity index is 403. The van der Waals surface area contributed by atoms with Gasteiger partial charge in [-0.25, -0.2) is 4.99 Å². The van der Waals surface area contributed by atoms with Gasteiger partial charge in [0.25, 0.3) is 0 Å². The molecule has 1 unspecified atom stereocenters. The van der Waals surface area contributed by atoms with E-state index in [0.717, 1.165) is 29.5 Å². The van der Waals surface area contributed by atoms with E-state index in [2.05, 4.69) is 9.89 Å². The number of rotatable bonds is 3. The van der Waals surface area contributed by atoms with Crippen LogP contribution < -0.4 is 5.73 Å². The number of halogens is 1. The summed E-state index contributed by atoms with van der Waals surface area (Å²) in [7, 11) is 0. The summed E-state index contributed by atoms with van der Waals surface area (Å²) in [5.74, 6) is 2.74. The minimum absolute atomic E-state index is 0. The first-order chi connectivity index (χ1) is 8.59. The van der Waals surface area contributed by atoms with Gasteiger partial charge in [-0.15, -0.1) is 35.3 Å². The number of nitrogens with zero attached hydrogens (tertiary/aromatic N) is 2. The normalized spacial score (nSPS) is 19.7. The number of aliphatic hydroxyl groups is 1. The molecule has 1 saturated heterocycles. The number of thiophene rings is 1. The van der Waals surface area contributed by atoms with E-state index in [1.54, 1.807) is 18.3 Å². The summed E-state index contributed by atoms with van der Waals surface area (Å²) < 4.78 is 0. The Kier molecular flexibility index (Phi) is 6.92.